The summed E-state index contributed by atoms with van der Waals surface area (Å²) >= 11 is 7.30. The van der Waals surface area contributed by atoms with E-state index >= 15 is 0 Å². The van der Waals surface area contributed by atoms with Crippen LogP contribution in [0.4, 0.5) is 0 Å². The fraction of sp³-hybridized carbons (Fsp3) is 0.250. The smallest absolute Gasteiger partial charge is 0.328 e. The molecule has 8 heteroatoms. The molecule has 1 unspecified atom stereocenters. The number of hydrogen-bond donors (Lipinski definition) is 1. The number of hydrogen-bond acceptors (Lipinski definition) is 5. The Bertz CT molecular complexity index is 524. The van der Waals surface area contributed by atoms with Crippen LogP contribution in [0.2, 0.25) is 5.02 Å². The lowest BCUT2D eigenvalue weighted by Gasteiger charge is -2.07. The Morgan fingerprint density at radius 1 is 1.69 bits per heavy atom. The Balaban J connectivity index is 2.48. The van der Waals surface area contributed by atoms with Crippen LogP contribution in [0.3, 0.4) is 0 Å². The van der Waals surface area contributed by atoms with Crippen LogP contribution in [-0.4, -0.2) is 31.3 Å². The lowest BCUT2D eigenvalue weighted by Crippen LogP contribution is -2.17. The minimum absolute atomic E-state index is 0.370. The Labute approximate surface area is 99.5 Å². The summed E-state index contributed by atoms with van der Waals surface area (Å²) in [5.41, 5.74) is 0. The summed E-state index contributed by atoms with van der Waals surface area (Å²) in [5.74, 6) is -0.629. The molecule has 6 nitrogen and oxygen atoms in total. The maximum absolute atomic E-state index is 10.9. The summed E-state index contributed by atoms with van der Waals surface area (Å²) < 4.78 is 1.24. The number of nitrogens with zero attached hydrogens (tertiary/aromatic N) is 4. The third kappa shape index (κ3) is 1.79. The SMILES string of the molecule is CC(C(=O)O)n1nnnc1-c1sccc1Cl. The Hall–Kier alpha value is -1.47. The van der Waals surface area contributed by atoms with Gasteiger partial charge in [0.05, 0.1) is 9.90 Å². The van der Waals surface area contributed by atoms with Crippen molar-refractivity contribution in [2.75, 3.05) is 0 Å². The first kappa shape index (κ1) is 11.0. The van der Waals surface area contributed by atoms with Crippen LogP contribution in [0.25, 0.3) is 10.7 Å². The van der Waals surface area contributed by atoms with Gasteiger partial charge in [0.1, 0.15) is 0 Å². The summed E-state index contributed by atoms with van der Waals surface area (Å²) in [4.78, 5) is 11.5. The summed E-state index contributed by atoms with van der Waals surface area (Å²) in [6.45, 7) is 1.50. The normalized spacial score (nSPS) is 12.6. The van der Waals surface area contributed by atoms with Crippen molar-refractivity contribution in [2.45, 2.75) is 13.0 Å². The molecule has 0 fully saturated rings. The molecule has 1 N–H and O–H groups in total. The topological polar surface area (TPSA) is 80.9 Å². The molecule has 0 saturated heterocycles. The standard InChI is InChI=1S/C8H7ClN4O2S/c1-4(8(14)15)13-7(10-11-12-13)6-5(9)2-3-16-6/h2-4H,1H3,(H,14,15). The third-order valence-corrected chi connectivity index (χ3v) is 3.37. The Morgan fingerprint density at radius 2 is 2.44 bits per heavy atom. The van der Waals surface area contributed by atoms with Gasteiger partial charge in [0, 0.05) is 0 Å². The molecule has 0 bridgehead atoms. The van der Waals surface area contributed by atoms with Gasteiger partial charge >= 0.3 is 5.97 Å². The van der Waals surface area contributed by atoms with Crippen molar-refractivity contribution in [3.05, 3.63) is 16.5 Å². The van der Waals surface area contributed by atoms with Crippen molar-refractivity contribution in [2.24, 2.45) is 0 Å². The van der Waals surface area contributed by atoms with E-state index < -0.39 is 12.0 Å². The molecule has 0 aliphatic heterocycles. The summed E-state index contributed by atoms with van der Waals surface area (Å²) in [6, 6.07) is 0.884. The Morgan fingerprint density at radius 3 is 3.00 bits per heavy atom. The van der Waals surface area contributed by atoms with E-state index in [1.165, 1.54) is 22.9 Å². The molecule has 2 aromatic rings. The third-order valence-electron chi connectivity index (χ3n) is 2.04. The van der Waals surface area contributed by atoms with Gasteiger partial charge in [-0.2, -0.15) is 0 Å². The van der Waals surface area contributed by atoms with Crippen LogP contribution >= 0.6 is 22.9 Å². The molecule has 0 aliphatic carbocycles. The van der Waals surface area contributed by atoms with Crippen LogP contribution in [-0.2, 0) is 4.79 Å². The number of aromatic nitrogens is 4. The second kappa shape index (κ2) is 4.18. The zero-order chi connectivity index (χ0) is 11.7. The van der Waals surface area contributed by atoms with E-state index in [1.807, 2.05) is 0 Å². The zero-order valence-electron chi connectivity index (χ0n) is 8.16. The van der Waals surface area contributed by atoms with Crippen molar-refractivity contribution in [1.82, 2.24) is 20.2 Å². The van der Waals surface area contributed by atoms with E-state index in [9.17, 15) is 4.79 Å². The maximum Gasteiger partial charge on any atom is 0.328 e. The largest absolute Gasteiger partial charge is 0.480 e. The van der Waals surface area contributed by atoms with Gasteiger partial charge in [-0.15, -0.1) is 16.4 Å². The molecule has 0 spiro atoms. The van der Waals surface area contributed by atoms with E-state index in [-0.39, 0.29) is 0 Å². The molecule has 0 aromatic carbocycles. The second-order valence-electron chi connectivity index (χ2n) is 3.06. The molecule has 16 heavy (non-hydrogen) atoms. The predicted molar refractivity (Wildman–Crippen MR) is 58.5 cm³/mol. The van der Waals surface area contributed by atoms with Crippen molar-refractivity contribution in [1.29, 1.82) is 0 Å². The number of carboxylic acid groups (broad SMARTS) is 1. The summed E-state index contributed by atoms with van der Waals surface area (Å²) in [6.07, 6.45) is 0. The Kier molecular flexibility index (Phi) is 2.88. The number of aliphatic carboxylic acids is 1. The van der Waals surface area contributed by atoms with Crippen LogP contribution in [0.1, 0.15) is 13.0 Å². The van der Waals surface area contributed by atoms with Crippen molar-refractivity contribution in [3.8, 4) is 10.7 Å². The van der Waals surface area contributed by atoms with Crippen LogP contribution < -0.4 is 0 Å². The minimum Gasteiger partial charge on any atom is -0.480 e. The van der Waals surface area contributed by atoms with Gasteiger partial charge in [-0.1, -0.05) is 11.6 Å². The molecule has 2 aromatic heterocycles. The summed E-state index contributed by atoms with van der Waals surface area (Å²) in [7, 11) is 0. The number of carbonyl (C=O) groups is 1. The molecule has 0 aliphatic rings. The first-order valence-corrected chi connectivity index (χ1v) is 5.61. The van der Waals surface area contributed by atoms with Gasteiger partial charge in [-0.25, -0.2) is 9.48 Å². The predicted octanol–water partition coefficient (Wildman–Crippen LogP) is 1.70. The maximum atomic E-state index is 10.9. The number of carboxylic acids is 1. The van der Waals surface area contributed by atoms with Gasteiger partial charge in [0.2, 0.25) is 0 Å². The quantitative estimate of drug-likeness (QED) is 0.906. The molecule has 0 saturated carbocycles. The van der Waals surface area contributed by atoms with Gasteiger partial charge in [0.25, 0.3) is 0 Å². The van der Waals surface area contributed by atoms with E-state index in [2.05, 4.69) is 15.5 Å². The molecule has 0 radical (unpaired) electrons. The summed E-state index contributed by atoms with van der Waals surface area (Å²) in [5, 5.41) is 22.1. The van der Waals surface area contributed by atoms with E-state index in [1.54, 1.807) is 11.4 Å². The molecular weight excluding hydrogens is 252 g/mol. The average Bonchev–Trinajstić information content (AvgIpc) is 2.84. The van der Waals surface area contributed by atoms with Crippen LogP contribution in [0.5, 0.6) is 0 Å². The van der Waals surface area contributed by atoms with Gasteiger partial charge in [-0.3, -0.25) is 0 Å². The van der Waals surface area contributed by atoms with E-state index in [0.717, 1.165) is 0 Å². The molecule has 0 amide bonds. The van der Waals surface area contributed by atoms with Crippen LogP contribution in [0, 0.1) is 0 Å². The number of thiophene rings is 1. The highest BCUT2D eigenvalue weighted by Gasteiger charge is 2.22. The lowest BCUT2D eigenvalue weighted by molar-refractivity contribution is -0.140. The highest BCUT2D eigenvalue weighted by molar-refractivity contribution is 7.14. The molecule has 2 rings (SSSR count). The van der Waals surface area contributed by atoms with E-state index in [0.29, 0.717) is 15.7 Å². The van der Waals surface area contributed by atoms with Crippen molar-refractivity contribution >= 4 is 28.9 Å². The van der Waals surface area contributed by atoms with Crippen LogP contribution in [0.15, 0.2) is 11.4 Å². The van der Waals surface area contributed by atoms with Gasteiger partial charge in [-0.05, 0) is 28.8 Å². The monoisotopic (exact) mass is 258 g/mol. The van der Waals surface area contributed by atoms with Gasteiger partial charge in [0.15, 0.2) is 11.9 Å². The molecule has 84 valence electrons. The first-order chi connectivity index (χ1) is 7.61. The molecule has 2 heterocycles. The van der Waals surface area contributed by atoms with E-state index in [4.69, 9.17) is 16.7 Å². The van der Waals surface area contributed by atoms with Crippen molar-refractivity contribution in [3.63, 3.8) is 0 Å². The lowest BCUT2D eigenvalue weighted by atomic mass is 10.3. The highest BCUT2D eigenvalue weighted by Crippen LogP contribution is 2.32. The van der Waals surface area contributed by atoms with Gasteiger partial charge < -0.3 is 5.11 Å². The fourth-order valence-electron chi connectivity index (χ4n) is 1.16. The van der Waals surface area contributed by atoms with Crippen molar-refractivity contribution < 1.29 is 9.90 Å². The zero-order valence-corrected chi connectivity index (χ0v) is 9.74. The number of tetrazole rings is 1. The second-order valence-corrected chi connectivity index (χ2v) is 4.38. The highest BCUT2D eigenvalue weighted by atomic mass is 35.5. The minimum atomic E-state index is -0.999. The number of halogens is 1. The average molecular weight is 259 g/mol. The fourth-order valence-corrected chi connectivity index (χ4v) is 2.28. The number of rotatable bonds is 3. The molecular formula is C8H7ClN4O2S. The molecule has 1 atom stereocenters. The first-order valence-electron chi connectivity index (χ1n) is 4.35.